The number of benzene rings is 1. The van der Waals surface area contributed by atoms with E-state index in [1.54, 1.807) is 23.5 Å². The number of fused-ring (bicyclic) bond motifs is 2. The average molecular weight is 317 g/mol. The predicted octanol–water partition coefficient (Wildman–Crippen LogP) is 4.30. The predicted molar refractivity (Wildman–Crippen MR) is 84.5 cm³/mol. The van der Waals surface area contributed by atoms with E-state index < -0.39 is 0 Å². The molecule has 5 heteroatoms. The maximum atomic E-state index is 13.7. The van der Waals surface area contributed by atoms with Gasteiger partial charge in [-0.05, 0) is 41.6 Å². The maximum absolute atomic E-state index is 13.7. The molecule has 1 aliphatic rings. The Morgan fingerprint density at radius 1 is 1.29 bits per heavy atom. The quantitative estimate of drug-likeness (QED) is 0.655. The number of nitrogens with zero attached hydrogens (tertiary/aromatic N) is 1. The molecule has 4 rings (SSSR count). The summed E-state index contributed by atoms with van der Waals surface area (Å²) < 4.78 is 14.6. The Bertz CT molecular complexity index is 836. The van der Waals surface area contributed by atoms with Gasteiger partial charge in [0.1, 0.15) is 5.82 Å². The van der Waals surface area contributed by atoms with Gasteiger partial charge in [-0.25, -0.2) is 4.39 Å². The van der Waals surface area contributed by atoms with Crippen molar-refractivity contribution in [2.75, 3.05) is 6.54 Å². The molecule has 0 fully saturated rings. The monoisotopic (exact) mass is 317 g/mol. The molecule has 2 nitrogen and oxygen atoms in total. The van der Waals surface area contributed by atoms with Gasteiger partial charge in [0.05, 0.1) is 4.88 Å². The molecule has 0 spiro atoms. The summed E-state index contributed by atoms with van der Waals surface area (Å²) in [5, 5.41) is 2.62. The number of rotatable bonds is 1. The van der Waals surface area contributed by atoms with Crippen molar-refractivity contribution in [2.45, 2.75) is 13.0 Å². The molecule has 0 atom stereocenters. The van der Waals surface area contributed by atoms with Gasteiger partial charge in [-0.15, -0.1) is 22.7 Å². The van der Waals surface area contributed by atoms with E-state index in [0.717, 1.165) is 17.7 Å². The van der Waals surface area contributed by atoms with E-state index in [1.165, 1.54) is 27.8 Å². The van der Waals surface area contributed by atoms with Crippen LogP contribution in [0.15, 0.2) is 35.7 Å². The normalized spacial score (nSPS) is 14.4. The fourth-order valence-corrected chi connectivity index (χ4v) is 4.64. The number of halogens is 1. The molecule has 0 unspecified atom stereocenters. The van der Waals surface area contributed by atoms with E-state index in [-0.39, 0.29) is 11.7 Å². The Morgan fingerprint density at radius 3 is 3.05 bits per heavy atom. The van der Waals surface area contributed by atoms with Crippen molar-refractivity contribution >= 4 is 38.7 Å². The van der Waals surface area contributed by atoms with Crippen LogP contribution in [-0.4, -0.2) is 17.4 Å². The van der Waals surface area contributed by atoms with Gasteiger partial charge in [-0.1, -0.05) is 6.07 Å². The van der Waals surface area contributed by atoms with Crippen LogP contribution < -0.4 is 0 Å². The molecule has 0 saturated heterocycles. The highest BCUT2D eigenvalue weighted by Gasteiger charge is 2.24. The standard InChI is InChI=1S/C16H12FNOS2/c17-12-2-1-3-14-11(12)8-15(21-14)16(19)18-6-4-13-10(9-18)5-7-20-13/h1-3,5,7-8H,4,6,9H2. The molecule has 2 aromatic heterocycles. The van der Waals surface area contributed by atoms with Crippen LogP contribution in [0.1, 0.15) is 20.1 Å². The zero-order valence-electron chi connectivity index (χ0n) is 11.1. The smallest absolute Gasteiger partial charge is 0.264 e. The van der Waals surface area contributed by atoms with E-state index in [2.05, 4.69) is 11.4 Å². The number of amides is 1. The minimum Gasteiger partial charge on any atom is -0.333 e. The average Bonchev–Trinajstić information content (AvgIpc) is 3.12. The second-order valence-electron chi connectivity index (χ2n) is 5.11. The second-order valence-corrected chi connectivity index (χ2v) is 7.19. The summed E-state index contributed by atoms with van der Waals surface area (Å²) in [6.07, 6.45) is 0.915. The number of hydrogen-bond acceptors (Lipinski definition) is 3. The molecule has 3 heterocycles. The van der Waals surface area contributed by atoms with Gasteiger partial charge in [0.2, 0.25) is 0 Å². The van der Waals surface area contributed by atoms with Gasteiger partial charge in [0, 0.05) is 28.1 Å². The Kier molecular flexibility index (Phi) is 3.05. The lowest BCUT2D eigenvalue weighted by Gasteiger charge is -2.26. The molecule has 0 N–H and O–H groups in total. The molecule has 1 aliphatic heterocycles. The molecule has 0 bridgehead atoms. The first-order chi connectivity index (χ1) is 10.2. The minimum atomic E-state index is -0.262. The van der Waals surface area contributed by atoms with Crippen LogP contribution >= 0.6 is 22.7 Å². The third-order valence-electron chi connectivity index (χ3n) is 3.81. The molecule has 106 valence electrons. The zero-order chi connectivity index (χ0) is 14.4. The first-order valence-corrected chi connectivity index (χ1v) is 8.44. The van der Waals surface area contributed by atoms with E-state index in [4.69, 9.17) is 0 Å². The van der Waals surface area contributed by atoms with Crippen LogP contribution in [0, 0.1) is 5.82 Å². The van der Waals surface area contributed by atoms with Gasteiger partial charge >= 0.3 is 0 Å². The Hall–Kier alpha value is -1.72. The summed E-state index contributed by atoms with van der Waals surface area (Å²) >= 11 is 3.12. The third kappa shape index (κ3) is 2.17. The fraction of sp³-hybridized carbons (Fsp3) is 0.188. The maximum Gasteiger partial charge on any atom is 0.264 e. The summed E-state index contributed by atoms with van der Waals surface area (Å²) in [6.45, 7) is 1.40. The Labute approximate surface area is 129 Å². The molecular formula is C16H12FNOS2. The van der Waals surface area contributed by atoms with Gasteiger partial charge < -0.3 is 4.90 Å². The van der Waals surface area contributed by atoms with E-state index >= 15 is 0 Å². The summed E-state index contributed by atoms with van der Waals surface area (Å²) in [4.78, 5) is 16.5. The summed E-state index contributed by atoms with van der Waals surface area (Å²) in [5.74, 6) is -0.256. The lowest BCUT2D eigenvalue weighted by molar-refractivity contribution is 0.0741. The number of thiophene rings is 2. The van der Waals surface area contributed by atoms with E-state index in [0.29, 0.717) is 16.8 Å². The van der Waals surface area contributed by atoms with Crippen molar-refractivity contribution < 1.29 is 9.18 Å². The summed E-state index contributed by atoms with van der Waals surface area (Å²) in [5.41, 5.74) is 1.24. The first kappa shape index (κ1) is 13.0. The fourth-order valence-electron chi connectivity index (χ4n) is 2.71. The Balaban J connectivity index is 1.66. The number of carbonyl (C=O) groups is 1. The highest BCUT2D eigenvalue weighted by Crippen LogP contribution is 2.30. The number of carbonyl (C=O) groups excluding carboxylic acids is 1. The molecule has 0 saturated carbocycles. The topological polar surface area (TPSA) is 20.3 Å². The lowest BCUT2D eigenvalue weighted by Crippen LogP contribution is -2.34. The molecule has 3 aromatic rings. The third-order valence-corrected chi connectivity index (χ3v) is 5.93. The molecular weight excluding hydrogens is 305 g/mol. The van der Waals surface area contributed by atoms with E-state index in [1.807, 2.05) is 11.0 Å². The van der Waals surface area contributed by atoms with Gasteiger partial charge in [0.25, 0.3) is 5.91 Å². The molecule has 1 aromatic carbocycles. The van der Waals surface area contributed by atoms with Crippen LogP contribution in [0.2, 0.25) is 0 Å². The Morgan fingerprint density at radius 2 is 2.19 bits per heavy atom. The molecule has 0 aliphatic carbocycles. The zero-order valence-corrected chi connectivity index (χ0v) is 12.8. The van der Waals surface area contributed by atoms with Crippen molar-refractivity contribution in [2.24, 2.45) is 0 Å². The van der Waals surface area contributed by atoms with Gasteiger partial charge in [0.15, 0.2) is 0 Å². The molecule has 21 heavy (non-hydrogen) atoms. The van der Waals surface area contributed by atoms with Crippen LogP contribution in [0.4, 0.5) is 4.39 Å². The van der Waals surface area contributed by atoms with Crippen molar-refractivity contribution in [3.05, 3.63) is 56.8 Å². The summed E-state index contributed by atoms with van der Waals surface area (Å²) in [7, 11) is 0. The van der Waals surface area contributed by atoms with Crippen LogP contribution in [0.5, 0.6) is 0 Å². The highest BCUT2D eigenvalue weighted by molar-refractivity contribution is 7.20. The van der Waals surface area contributed by atoms with Crippen LogP contribution in [-0.2, 0) is 13.0 Å². The van der Waals surface area contributed by atoms with Crippen molar-refractivity contribution in [1.82, 2.24) is 4.90 Å². The van der Waals surface area contributed by atoms with Crippen molar-refractivity contribution in [3.63, 3.8) is 0 Å². The van der Waals surface area contributed by atoms with Crippen LogP contribution in [0.25, 0.3) is 10.1 Å². The van der Waals surface area contributed by atoms with Gasteiger partial charge in [-0.3, -0.25) is 4.79 Å². The van der Waals surface area contributed by atoms with Crippen molar-refractivity contribution in [1.29, 1.82) is 0 Å². The molecule has 0 radical (unpaired) electrons. The first-order valence-electron chi connectivity index (χ1n) is 6.75. The van der Waals surface area contributed by atoms with Crippen molar-refractivity contribution in [3.8, 4) is 0 Å². The largest absolute Gasteiger partial charge is 0.333 e. The minimum absolute atomic E-state index is 0.00690. The van der Waals surface area contributed by atoms with Crippen LogP contribution in [0.3, 0.4) is 0 Å². The highest BCUT2D eigenvalue weighted by atomic mass is 32.1. The second kappa shape index (κ2) is 4.93. The number of hydrogen-bond donors (Lipinski definition) is 0. The molecule has 1 amide bonds. The lowest BCUT2D eigenvalue weighted by atomic mass is 10.1. The van der Waals surface area contributed by atoms with E-state index in [9.17, 15) is 9.18 Å². The SMILES string of the molecule is O=C(c1cc2c(F)cccc2s1)N1CCc2sccc2C1. The summed E-state index contributed by atoms with van der Waals surface area (Å²) in [6, 6.07) is 8.74. The van der Waals surface area contributed by atoms with Gasteiger partial charge in [-0.2, -0.15) is 0 Å².